The van der Waals surface area contributed by atoms with E-state index in [1.54, 1.807) is 6.07 Å². The van der Waals surface area contributed by atoms with Gasteiger partial charge in [0.15, 0.2) is 5.58 Å². The molecular weight excluding hydrogens is 264 g/mol. The maximum absolute atomic E-state index is 11.9. The van der Waals surface area contributed by atoms with Crippen molar-refractivity contribution in [3.05, 3.63) is 35.0 Å². The van der Waals surface area contributed by atoms with Crippen molar-refractivity contribution in [3.8, 4) is 0 Å². The zero-order chi connectivity index (χ0) is 13.8. The molecule has 1 aromatic heterocycles. The molecule has 102 valence electrons. The predicted octanol–water partition coefficient (Wildman–Crippen LogP) is 4.53. The average Bonchev–Trinajstić information content (AvgIpc) is 2.84. The molecule has 0 aliphatic carbocycles. The van der Waals surface area contributed by atoms with E-state index < -0.39 is 0 Å². The Bertz CT molecular complexity index is 574. The van der Waals surface area contributed by atoms with Crippen LogP contribution < -0.4 is 0 Å². The van der Waals surface area contributed by atoms with Gasteiger partial charge < -0.3 is 9.15 Å². The molecule has 0 saturated carbocycles. The summed E-state index contributed by atoms with van der Waals surface area (Å²) in [6, 6.07) is 7.43. The lowest BCUT2D eigenvalue weighted by Gasteiger charge is -2.11. The van der Waals surface area contributed by atoms with Gasteiger partial charge in [0.1, 0.15) is 11.7 Å². The molecule has 0 aliphatic rings. The largest absolute Gasteiger partial charge is 0.468 e. The second-order valence-electron chi connectivity index (χ2n) is 4.52. The van der Waals surface area contributed by atoms with Crippen LogP contribution in [0.1, 0.15) is 37.9 Å². The van der Waals surface area contributed by atoms with Crippen LogP contribution in [0.5, 0.6) is 0 Å². The van der Waals surface area contributed by atoms with E-state index >= 15 is 0 Å². The molecule has 0 fully saturated rings. The lowest BCUT2D eigenvalue weighted by atomic mass is 9.99. The first-order chi connectivity index (χ1) is 9.17. The highest BCUT2D eigenvalue weighted by Crippen LogP contribution is 2.32. The van der Waals surface area contributed by atoms with Gasteiger partial charge in [-0.05, 0) is 18.6 Å². The maximum Gasteiger partial charge on any atom is 0.316 e. The molecule has 0 saturated heterocycles. The molecular formula is C15H17ClO3. The van der Waals surface area contributed by atoms with Crippen LogP contribution in [0.3, 0.4) is 0 Å². The number of hydrogen-bond acceptors (Lipinski definition) is 3. The summed E-state index contributed by atoms with van der Waals surface area (Å²) in [5.74, 6) is 0.0143. The highest BCUT2D eigenvalue weighted by Gasteiger charge is 2.25. The van der Waals surface area contributed by atoms with E-state index in [2.05, 4.69) is 6.92 Å². The highest BCUT2D eigenvalue weighted by atomic mass is 35.5. The molecule has 0 N–H and O–H groups in total. The third kappa shape index (κ3) is 2.92. The van der Waals surface area contributed by atoms with Gasteiger partial charge in [-0.25, -0.2) is 0 Å². The fourth-order valence-corrected chi connectivity index (χ4v) is 2.37. The standard InChI is InChI=1S/C15H17ClO3/c1-3-4-7-11(15(17)18-2)13-9-10-6-5-8-12(16)14(10)19-13/h5-6,8-9,11H,3-4,7H2,1-2H3. The lowest BCUT2D eigenvalue weighted by molar-refractivity contribution is -0.143. The molecule has 2 rings (SSSR count). The van der Waals surface area contributed by atoms with Crippen molar-refractivity contribution in [2.45, 2.75) is 32.1 Å². The van der Waals surface area contributed by atoms with E-state index in [4.69, 9.17) is 20.8 Å². The monoisotopic (exact) mass is 280 g/mol. The van der Waals surface area contributed by atoms with Crippen LogP contribution >= 0.6 is 11.6 Å². The number of para-hydroxylation sites is 1. The smallest absolute Gasteiger partial charge is 0.316 e. The molecule has 4 heteroatoms. The quantitative estimate of drug-likeness (QED) is 0.755. The van der Waals surface area contributed by atoms with Gasteiger partial charge in [0, 0.05) is 5.39 Å². The zero-order valence-corrected chi connectivity index (χ0v) is 11.9. The normalized spacial score (nSPS) is 12.6. The summed E-state index contributed by atoms with van der Waals surface area (Å²) in [7, 11) is 1.40. The number of unbranched alkanes of at least 4 members (excludes halogenated alkanes) is 1. The van der Waals surface area contributed by atoms with Crippen LogP contribution in [0, 0.1) is 0 Å². The maximum atomic E-state index is 11.9. The van der Waals surface area contributed by atoms with Crippen molar-refractivity contribution in [1.82, 2.24) is 0 Å². The number of methoxy groups -OCH3 is 1. The Morgan fingerprint density at radius 2 is 2.26 bits per heavy atom. The number of fused-ring (bicyclic) bond motifs is 1. The Balaban J connectivity index is 2.38. The van der Waals surface area contributed by atoms with Crippen molar-refractivity contribution in [2.75, 3.05) is 7.11 Å². The minimum absolute atomic E-state index is 0.261. The average molecular weight is 281 g/mol. The zero-order valence-electron chi connectivity index (χ0n) is 11.1. The number of esters is 1. The van der Waals surface area contributed by atoms with Crippen LogP contribution in [0.25, 0.3) is 11.0 Å². The number of halogens is 1. The third-order valence-electron chi connectivity index (χ3n) is 3.19. The summed E-state index contributed by atoms with van der Waals surface area (Å²) in [4.78, 5) is 11.9. The molecule has 1 unspecified atom stereocenters. The molecule has 0 radical (unpaired) electrons. The first-order valence-corrected chi connectivity index (χ1v) is 6.81. The second kappa shape index (κ2) is 6.11. The SMILES string of the molecule is CCCCC(C(=O)OC)c1cc2cccc(Cl)c2o1. The first-order valence-electron chi connectivity index (χ1n) is 6.43. The van der Waals surface area contributed by atoms with Gasteiger partial charge in [-0.1, -0.05) is 43.5 Å². The van der Waals surface area contributed by atoms with Gasteiger partial charge in [0.2, 0.25) is 0 Å². The number of carbonyl (C=O) groups is 1. The molecule has 1 atom stereocenters. The summed E-state index contributed by atoms with van der Waals surface area (Å²) >= 11 is 6.08. The molecule has 1 heterocycles. The Morgan fingerprint density at radius 3 is 2.89 bits per heavy atom. The minimum atomic E-state index is -0.353. The number of ether oxygens (including phenoxy) is 1. The first kappa shape index (κ1) is 13.9. The summed E-state index contributed by atoms with van der Waals surface area (Å²) in [5, 5.41) is 1.47. The number of rotatable bonds is 5. The van der Waals surface area contributed by atoms with Gasteiger partial charge in [-0.2, -0.15) is 0 Å². The minimum Gasteiger partial charge on any atom is -0.468 e. The van der Waals surface area contributed by atoms with E-state index in [1.165, 1.54) is 7.11 Å². The van der Waals surface area contributed by atoms with Crippen LogP contribution in [0.15, 0.2) is 28.7 Å². The van der Waals surface area contributed by atoms with Crippen molar-refractivity contribution < 1.29 is 13.9 Å². The van der Waals surface area contributed by atoms with Crippen molar-refractivity contribution in [2.24, 2.45) is 0 Å². The Hall–Kier alpha value is -1.48. The van der Waals surface area contributed by atoms with Gasteiger partial charge in [0.25, 0.3) is 0 Å². The van der Waals surface area contributed by atoms with Gasteiger partial charge in [-0.3, -0.25) is 4.79 Å². The topological polar surface area (TPSA) is 39.4 Å². The van der Waals surface area contributed by atoms with Gasteiger partial charge in [-0.15, -0.1) is 0 Å². The van der Waals surface area contributed by atoms with E-state index in [0.717, 1.165) is 24.6 Å². The fraction of sp³-hybridized carbons (Fsp3) is 0.400. The molecule has 3 nitrogen and oxygen atoms in total. The van der Waals surface area contributed by atoms with Crippen LogP contribution in [0.2, 0.25) is 5.02 Å². The number of carbonyl (C=O) groups excluding carboxylic acids is 1. The molecule has 0 bridgehead atoms. The summed E-state index contributed by atoms with van der Waals surface area (Å²) in [6.07, 6.45) is 2.69. The van der Waals surface area contributed by atoms with Crippen molar-refractivity contribution in [3.63, 3.8) is 0 Å². The molecule has 1 aromatic carbocycles. The fourth-order valence-electron chi connectivity index (χ4n) is 2.15. The van der Waals surface area contributed by atoms with E-state index in [1.807, 2.05) is 18.2 Å². The molecule has 0 amide bonds. The molecule has 0 spiro atoms. The molecule has 2 aromatic rings. The third-order valence-corrected chi connectivity index (χ3v) is 3.49. The van der Waals surface area contributed by atoms with Gasteiger partial charge in [0.05, 0.1) is 12.1 Å². The molecule has 0 aliphatic heterocycles. The van der Waals surface area contributed by atoms with Crippen LogP contribution in [0.4, 0.5) is 0 Å². The number of benzene rings is 1. The van der Waals surface area contributed by atoms with Crippen LogP contribution in [-0.4, -0.2) is 13.1 Å². The highest BCUT2D eigenvalue weighted by molar-refractivity contribution is 6.34. The van der Waals surface area contributed by atoms with E-state index in [9.17, 15) is 4.79 Å². The summed E-state index contributed by atoms with van der Waals surface area (Å²) in [6.45, 7) is 2.09. The number of furan rings is 1. The van der Waals surface area contributed by atoms with Gasteiger partial charge >= 0.3 is 5.97 Å². The predicted molar refractivity (Wildman–Crippen MR) is 75.5 cm³/mol. The molecule has 19 heavy (non-hydrogen) atoms. The summed E-state index contributed by atoms with van der Waals surface area (Å²) in [5.41, 5.74) is 0.629. The second-order valence-corrected chi connectivity index (χ2v) is 4.93. The van der Waals surface area contributed by atoms with E-state index in [-0.39, 0.29) is 11.9 Å². The number of hydrogen-bond donors (Lipinski definition) is 0. The summed E-state index contributed by atoms with van der Waals surface area (Å²) < 4.78 is 10.6. The van der Waals surface area contributed by atoms with Crippen molar-refractivity contribution >= 4 is 28.5 Å². The Kier molecular flexibility index (Phi) is 4.48. The lowest BCUT2D eigenvalue weighted by Crippen LogP contribution is -2.13. The Morgan fingerprint density at radius 1 is 1.47 bits per heavy atom. The van der Waals surface area contributed by atoms with E-state index in [0.29, 0.717) is 16.4 Å². The Labute approximate surface area is 117 Å². The van der Waals surface area contributed by atoms with Crippen molar-refractivity contribution in [1.29, 1.82) is 0 Å². The van der Waals surface area contributed by atoms with Crippen LogP contribution in [-0.2, 0) is 9.53 Å².